The van der Waals surface area contributed by atoms with Crippen LogP contribution in [0.1, 0.15) is 27.8 Å². The number of hydrogen-bond acceptors (Lipinski definition) is 0. The molecule has 0 N–H and O–H groups in total. The molecule has 1 aromatic carbocycles. The Balaban J connectivity index is 3.60. The Kier molecular flexibility index (Phi) is 3.37. The number of rotatable bonds is 1. The second kappa shape index (κ2) is 4.03. The molecule has 0 saturated carbocycles. The molecule has 0 heterocycles. The molecule has 0 spiro atoms. The van der Waals surface area contributed by atoms with Gasteiger partial charge in [-0.1, -0.05) is 7.92 Å². The van der Waals surface area contributed by atoms with Crippen LogP contribution in [0.4, 0.5) is 0 Å². The lowest BCUT2D eigenvalue weighted by Gasteiger charge is -2.21. The lowest BCUT2D eigenvalue weighted by molar-refractivity contribution is 1.20. The predicted molar refractivity (Wildman–Crippen MR) is 68.5 cm³/mol. The third kappa shape index (κ3) is 1.73. The zero-order valence-electron chi connectivity index (χ0n) is 10.4. The minimum absolute atomic E-state index is 0.0180. The summed E-state index contributed by atoms with van der Waals surface area (Å²) >= 11 is 0. The molecule has 0 saturated heterocycles. The Morgan fingerprint density at radius 2 is 0.857 bits per heavy atom. The van der Waals surface area contributed by atoms with Crippen molar-refractivity contribution in [3.05, 3.63) is 27.8 Å². The molecular formula is C13H21P. The van der Waals surface area contributed by atoms with Crippen molar-refractivity contribution >= 4 is 13.2 Å². The second-order valence-electron chi connectivity index (χ2n) is 4.37. The van der Waals surface area contributed by atoms with E-state index in [1.54, 1.807) is 5.30 Å². The predicted octanol–water partition coefficient (Wildman–Crippen LogP) is 3.60. The van der Waals surface area contributed by atoms with Gasteiger partial charge < -0.3 is 0 Å². The fourth-order valence-electron chi connectivity index (χ4n) is 2.15. The monoisotopic (exact) mass is 208 g/mol. The van der Waals surface area contributed by atoms with Crippen LogP contribution in [0.5, 0.6) is 0 Å². The van der Waals surface area contributed by atoms with Crippen molar-refractivity contribution in [3.63, 3.8) is 0 Å². The first-order valence-electron chi connectivity index (χ1n) is 5.12. The molecule has 0 aliphatic rings. The Morgan fingerprint density at radius 3 is 1.14 bits per heavy atom. The molecule has 1 heteroatoms. The normalized spacial score (nSPS) is 11.1. The van der Waals surface area contributed by atoms with E-state index in [0.29, 0.717) is 0 Å². The Bertz CT molecular complexity index is 333. The summed E-state index contributed by atoms with van der Waals surface area (Å²) in [6.45, 7) is 16.0. The first-order valence-corrected chi connectivity index (χ1v) is 7.35. The number of benzene rings is 1. The maximum absolute atomic E-state index is 2.35. The molecular weight excluding hydrogens is 187 g/mol. The maximum Gasteiger partial charge on any atom is -0.0182 e. The van der Waals surface area contributed by atoms with E-state index in [2.05, 4.69) is 47.9 Å². The molecule has 0 unspecified atom stereocenters. The fourth-order valence-corrected chi connectivity index (χ4v) is 3.83. The quantitative estimate of drug-likeness (QED) is 0.619. The highest BCUT2D eigenvalue weighted by molar-refractivity contribution is 7.64. The minimum atomic E-state index is 0.0180. The topological polar surface area (TPSA) is 0 Å². The van der Waals surface area contributed by atoms with Crippen molar-refractivity contribution in [1.82, 2.24) is 0 Å². The summed E-state index contributed by atoms with van der Waals surface area (Å²) < 4.78 is 0. The lowest BCUT2D eigenvalue weighted by Crippen LogP contribution is -2.14. The van der Waals surface area contributed by atoms with Gasteiger partial charge >= 0.3 is 0 Å². The highest BCUT2D eigenvalue weighted by Crippen LogP contribution is 2.32. The van der Waals surface area contributed by atoms with E-state index in [0.717, 1.165) is 0 Å². The second-order valence-corrected chi connectivity index (χ2v) is 6.60. The van der Waals surface area contributed by atoms with Crippen molar-refractivity contribution in [2.45, 2.75) is 34.6 Å². The molecule has 0 bridgehead atoms. The van der Waals surface area contributed by atoms with Gasteiger partial charge in [-0.25, -0.2) is 0 Å². The van der Waals surface area contributed by atoms with Crippen LogP contribution >= 0.6 is 7.92 Å². The van der Waals surface area contributed by atoms with Gasteiger partial charge in [0.15, 0.2) is 0 Å². The van der Waals surface area contributed by atoms with Crippen molar-refractivity contribution in [3.8, 4) is 0 Å². The Hall–Kier alpha value is -0.350. The standard InChI is InChI=1S/C13H21P/c1-8-9(2)11(4)13(14(6)7)12(5)10(8)3/h1-7H3. The summed E-state index contributed by atoms with van der Waals surface area (Å²) in [5.74, 6) is 0. The van der Waals surface area contributed by atoms with Gasteiger partial charge in [0.05, 0.1) is 0 Å². The van der Waals surface area contributed by atoms with Gasteiger partial charge in [-0.05, 0) is 81.1 Å². The van der Waals surface area contributed by atoms with Crippen molar-refractivity contribution in [2.24, 2.45) is 0 Å². The van der Waals surface area contributed by atoms with Crippen LogP contribution in [0, 0.1) is 34.6 Å². The summed E-state index contributed by atoms with van der Waals surface area (Å²) in [6.07, 6.45) is 0. The van der Waals surface area contributed by atoms with Crippen LogP contribution in [0.15, 0.2) is 0 Å². The molecule has 0 radical (unpaired) electrons. The van der Waals surface area contributed by atoms with Crippen molar-refractivity contribution < 1.29 is 0 Å². The molecule has 14 heavy (non-hydrogen) atoms. The van der Waals surface area contributed by atoms with Gasteiger partial charge in [0.1, 0.15) is 0 Å². The summed E-state index contributed by atoms with van der Waals surface area (Å²) in [6, 6.07) is 0. The lowest BCUT2D eigenvalue weighted by atomic mass is 9.95. The average Bonchev–Trinajstić information content (AvgIpc) is 2.11. The Labute approximate surface area is 89.5 Å². The van der Waals surface area contributed by atoms with Gasteiger partial charge in [0.2, 0.25) is 0 Å². The molecule has 0 amide bonds. The van der Waals surface area contributed by atoms with E-state index in [1.807, 2.05) is 0 Å². The van der Waals surface area contributed by atoms with E-state index >= 15 is 0 Å². The largest absolute Gasteiger partial charge is 0.0811 e. The van der Waals surface area contributed by atoms with Gasteiger partial charge in [-0.3, -0.25) is 0 Å². The molecule has 0 nitrogen and oxygen atoms in total. The van der Waals surface area contributed by atoms with Crippen molar-refractivity contribution in [2.75, 3.05) is 13.3 Å². The van der Waals surface area contributed by atoms with Crippen LogP contribution < -0.4 is 5.30 Å². The zero-order chi connectivity index (χ0) is 11.0. The van der Waals surface area contributed by atoms with Crippen LogP contribution in [0.2, 0.25) is 0 Å². The minimum Gasteiger partial charge on any atom is -0.0811 e. The van der Waals surface area contributed by atoms with Crippen LogP contribution in [0.3, 0.4) is 0 Å². The SMILES string of the molecule is Cc1c(C)c(C)c(P(C)C)c(C)c1C. The molecule has 0 aliphatic carbocycles. The van der Waals surface area contributed by atoms with E-state index in [4.69, 9.17) is 0 Å². The third-order valence-electron chi connectivity index (χ3n) is 3.41. The first-order chi connectivity index (χ1) is 6.37. The van der Waals surface area contributed by atoms with Gasteiger partial charge in [-0.15, -0.1) is 0 Å². The van der Waals surface area contributed by atoms with Gasteiger partial charge in [0.25, 0.3) is 0 Å². The van der Waals surface area contributed by atoms with E-state index < -0.39 is 0 Å². The van der Waals surface area contributed by atoms with E-state index in [-0.39, 0.29) is 7.92 Å². The molecule has 1 rings (SSSR count). The summed E-state index contributed by atoms with van der Waals surface area (Å²) in [5, 5.41) is 1.61. The molecule has 78 valence electrons. The maximum atomic E-state index is 2.35. The molecule has 0 aromatic heterocycles. The summed E-state index contributed by atoms with van der Waals surface area (Å²) in [4.78, 5) is 0. The fraction of sp³-hybridized carbons (Fsp3) is 0.538. The molecule has 1 aromatic rings. The smallest absolute Gasteiger partial charge is 0.0182 e. The molecule has 0 atom stereocenters. The molecule has 0 aliphatic heterocycles. The summed E-state index contributed by atoms with van der Waals surface area (Å²) in [7, 11) is 0.0180. The average molecular weight is 208 g/mol. The third-order valence-corrected chi connectivity index (χ3v) is 4.97. The molecule has 0 fully saturated rings. The zero-order valence-corrected chi connectivity index (χ0v) is 11.3. The van der Waals surface area contributed by atoms with Crippen LogP contribution in [-0.4, -0.2) is 13.3 Å². The van der Waals surface area contributed by atoms with E-state index in [1.165, 1.54) is 27.8 Å². The van der Waals surface area contributed by atoms with Crippen LogP contribution in [-0.2, 0) is 0 Å². The van der Waals surface area contributed by atoms with E-state index in [9.17, 15) is 0 Å². The van der Waals surface area contributed by atoms with Crippen LogP contribution in [0.25, 0.3) is 0 Å². The Morgan fingerprint density at radius 1 is 0.571 bits per heavy atom. The number of hydrogen-bond donors (Lipinski definition) is 0. The van der Waals surface area contributed by atoms with Gasteiger partial charge in [-0.2, -0.15) is 0 Å². The highest BCUT2D eigenvalue weighted by Gasteiger charge is 2.13. The van der Waals surface area contributed by atoms with Crippen molar-refractivity contribution in [1.29, 1.82) is 0 Å². The van der Waals surface area contributed by atoms with Gasteiger partial charge in [0, 0.05) is 0 Å². The highest BCUT2D eigenvalue weighted by atomic mass is 31.1. The summed E-state index contributed by atoms with van der Waals surface area (Å²) in [5.41, 5.74) is 7.47. The first kappa shape index (κ1) is 11.7.